The number of hydrogen-bond donors (Lipinski definition) is 0. The van der Waals surface area contributed by atoms with Crippen molar-refractivity contribution in [2.24, 2.45) is 0 Å². The molecule has 1 aromatic rings. The summed E-state index contributed by atoms with van der Waals surface area (Å²) < 4.78 is 93.4. The molecule has 1 unspecified atom stereocenters. The zero-order valence-corrected chi connectivity index (χ0v) is 14.8. The molecule has 1 atom stereocenters. The van der Waals surface area contributed by atoms with Crippen molar-refractivity contribution in [3.05, 3.63) is 34.9 Å². The van der Waals surface area contributed by atoms with Gasteiger partial charge in [0.15, 0.2) is 6.10 Å². The summed E-state index contributed by atoms with van der Waals surface area (Å²) in [7, 11) is -5.64. The molecule has 0 saturated carbocycles. The highest BCUT2D eigenvalue weighted by Gasteiger charge is 2.69. The van der Waals surface area contributed by atoms with Crippen LogP contribution in [0.5, 0.6) is 0 Å². The summed E-state index contributed by atoms with van der Waals surface area (Å²) in [5, 5.41) is -5.70. The number of carbonyl (C=O) groups excluding carboxylic acids is 1. The van der Waals surface area contributed by atoms with Gasteiger partial charge in [0, 0.05) is 5.02 Å². The molecule has 5 nitrogen and oxygen atoms in total. The molecule has 0 amide bonds. The maximum absolute atomic E-state index is 13.1. The van der Waals surface area contributed by atoms with Crippen LogP contribution in [0.4, 0.5) is 22.0 Å². The van der Waals surface area contributed by atoms with Gasteiger partial charge in [-0.15, -0.1) is 0 Å². The van der Waals surface area contributed by atoms with Gasteiger partial charge in [-0.05, 0) is 37.0 Å². The number of halogens is 6. The van der Waals surface area contributed by atoms with Crippen LogP contribution in [0.15, 0.2) is 24.3 Å². The van der Waals surface area contributed by atoms with Crippen LogP contribution < -0.4 is 0 Å². The normalized spacial score (nSPS) is 14.1. The summed E-state index contributed by atoms with van der Waals surface area (Å²) in [6, 6.07) is 6.40. The van der Waals surface area contributed by atoms with Crippen molar-refractivity contribution >= 4 is 27.7 Å². The molecule has 0 saturated heterocycles. The zero-order valence-electron chi connectivity index (χ0n) is 13.2. The lowest BCUT2D eigenvalue weighted by Crippen LogP contribution is -2.47. The monoisotopic (exact) mass is 424 g/mol. The fourth-order valence-corrected chi connectivity index (χ4v) is 2.85. The molecule has 0 radical (unpaired) electrons. The van der Waals surface area contributed by atoms with Crippen LogP contribution in [0.1, 0.15) is 18.4 Å². The van der Waals surface area contributed by atoms with Crippen LogP contribution in [0.25, 0.3) is 0 Å². The van der Waals surface area contributed by atoms with Crippen LogP contribution in [0.3, 0.4) is 0 Å². The number of methoxy groups -OCH3 is 1. The third-order valence-corrected chi connectivity index (χ3v) is 4.79. The van der Waals surface area contributed by atoms with E-state index in [-0.39, 0.29) is 12.8 Å². The average Bonchev–Trinajstić information content (AvgIpc) is 2.53. The molecule has 0 spiro atoms. The molecular formula is C14H14ClF5O5S. The Morgan fingerprint density at radius 2 is 1.69 bits per heavy atom. The highest BCUT2D eigenvalue weighted by Crippen LogP contribution is 2.41. The Bertz CT molecular complexity index is 718. The van der Waals surface area contributed by atoms with Gasteiger partial charge in [0.25, 0.3) is 0 Å². The fourth-order valence-electron chi connectivity index (χ4n) is 1.83. The largest absolute Gasteiger partial charge is 0.472 e. The third kappa shape index (κ3) is 5.52. The van der Waals surface area contributed by atoms with Gasteiger partial charge >= 0.3 is 27.5 Å². The van der Waals surface area contributed by atoms with E-state index in [9.17, 15) is 35.2 Å². The number of alkyl halides is 5. The molecule has 0 aliphatic carbocycles. The standard InChI is InChI=1S/C14H14ClF5O5S/c1-24-12(21)11(4-2-3-9-5-7-10(15)8-6-9)25-26(22,23)14(19,20)13(16,17)18/h5-8,11H,2-4H2,1H3. The predicted molar refractivity (Wildman–Crippen MR) is 81.2 cm³/mol. The van der Waals surface area contributed by atoms with Crippen molar-refractivity contribution in [1.29, 1.82) is 0 Å². The summed E-state index contributed by atoms with van der Waals surface area (Å²) in [4.78, 5) is 11.5. The number of aryl methyl sites for hydroxylation is 1. The molecule has 0 fully saturated rings. The molecule has 0 N–H and O–H groups in total. The van der Waals surface area contributed by atoms with Crippen molar-refractivity contribution < 1.29 is 44.1 Å². The topological polar surface area (TPSA) is 69.7 Å². The number of rotatable bonds is 8. The number of carbonyl (C=O) groups is 1. The van der Waals surface area contributed by atoms with Crippen LogP contribution in [-0.4, -0.2) is 39.0 Å². The Labute approximate surface area is 151 Å². The molecule has 148 valence electrons. The van der Waals surface area contributed by atoms with E-state index in [2.05, 4.69) is 8.92 Å². The molecule has 0 heterocycles. The van der Waals surface area contributed by atoms with Gasteiger partial charge in [-0.25, -0.2) is 8.98 Å². The van der Waals surface area contributed by atoms with E-state index >= 15 is 0 Å². The van der Waals surface area contributed by atoms with Crippen molar-refractivity contribution in [3.63, 3.8) is 0 Å². The fraction of sp³-hybridized carbons (Fsp3) is 0.500. The first-order valence-electron chi connectivity index (χ1n) is 7.01. The minimum absolute atomic E-state index is 0.0501. The Morgan fingerprint density at radius 3 is 2.15 bits per heavy atom. The second kappa shape index (κ2) is 8.49. The zero-order chi connectivity index (χ0) is 20.2. The Morgan fingerprint density at radius 1 is 1.15 bits per heavy atom. The lowest BCUT2D eigenvalue weighted by molar-refractivity contribution is -0.244. The minimum Gasteiger partial charge on any atom is -0.467 e. The van der Waals surface area contributed by atoms with Crippen molar-refractivity contribution in [2.75, 3.05) is 7.11 Å². The molecule has 1 aromatic carbocycles. The van der Waals surface area contributed by atoms with Crippen LogP contribution in [-0.2, 0) is 30.3 Å². The van der Waals surface area contributed by atoms with E-state index in [0.717, 1.165) is 12.7 Å². The average molecular weight is 425 g/mol. The number of benzene rings is 1. The van der Waals surface area contributed by atoms with Crippen LogP contribution in [0, 0.1) is 0 Å². The molecule has 0 aromatic heterocycles. The lowest BCUT2D eigenvalue weighted by Gasteiger charge is -2.22. The highest BCUT2D eigenvalue weighted by molar-refractivity contribution is 7.87. The van der Waals surface area contributed by atoms with Gasteiger partial charge < -0.3 is 4.74 Å². The quantitative estimate of drug-likeness (QED) is 0.361. The van der Waals surface area contributed by atoms with E-state index in [0.29, 0.717) is 5.02 Å². The van der Waals surface area contributed by atoms with E-state index < -0.39 is 40.0 Å². The minimum atomic E-state index is -6.45. The molecule has 0 aliphatic rings. The number of esters is 1. The van der Waals surface area contributed by atoms with Gasteiger partial charge in [0.05, 0.1) is 7.11 Å². The van der Waals surface area contributed by atoms with Crippen LogP contribution >= 0.6 is 11.6 Å². The molecule has 26 heavy (non-hydrogen) atoms. The maximum atomic E-state index is 13.1. The van der Waals surface area contributed by atoms with E-state index in [1.165, 1.54) is 0 Å². The van der Waals surface area contributed by atoms with Gasteiger partial charge in [-0.1, -0.05) is 23.7 Å². The Kier molecular flexibility index (Phi) is 7.37. The third-order valence-electron chi connectivity index (χ3n) is 3.20. The first-order chi connectivity index (χ1) is 11.8. The molecule has 0 bridgehead atoms. The Hall–Kier alpha value is -1.46. The first-order valence-corrected chi connectivity index (χ1v) is 8.80. The van der Waals surface area contributed by atoms with Crippen LogP contribution in [0.2, 0.25) is 5.02 Å². The van der Waals surface area contributed by atoms with Gasteiger partial charge in [0.1, 0.15) is 0 Å². The maximum Gasteiger partial charge on any atom is 0.472 e. The molecule has 12 heteroatoms. The van der Waals surface area contributed by atoms with Crippen molar-refractivity contribution in [2.45, 2.75) is 36.8 Å². The summed E-state index contributed by atoms with van der Waals surface area (Å²) in [5.74, 6) is -1.39. The SMILES string of the molecule is COC(=O)C(CCCc1ccc(Cl)cc1)OS(=O)(=O)C(F)(F)C(F)(F)F. The van der Waals surface area contributed by atoms with E-state index in [1.807, 2.05) is 0 Å². The predicted octanol–water partition coefficient (Wildman–Crippen LogP) is 3.71. The van der Waals surface area contributed by atoms with Gasteiger partial charge in [-0.3, -0.25) is 0 Å². The summed E-state index contributed by atoms with van der Waals surface area (Å²) in [5.41, 5.74) is 0.724. The summed E-state index contributed by atoms with van der Waals surface area (Å²) >= 11 is 5.70. The second-order valence-corrected chi connectivity index (χ2v) is 7.15. The Balaban J connectivity index is 2.84. The smallest absolute Gasteiger partial charge is 0.467 e. The van der Waals surface area contributed by atoms with Gasteiger partial charge in [0.2, 0.25) is 0 Å². The number of ether oxygens (including phenoxy) is 1. The van der Waals surface area contributed by atoms with Gasteiger partial charge in [-0.2, -0.15) is 30.4 Å². The highest BCUT2D eigenvalue weighted by atomic mass is 35.5. The van der Waals surface area contributed by atoms with E-state index in [1.54, 1.807) is 24.3 Å². The molecule has 1 rings (SSSR count). The summed E-state index contributed by atoms with van der Waals surface area (Å²) in [6.45, 7) is 0. The van der Waals surface area contributed by atoms with Crippen molar-refractivity contribution in [3.8, 4) is 0 Å². The number of hydrogen-bond acceptors (Lipinski definition) is 5. The van der Waals surface area contributed by atoms with E-state index in [4.69, 9.17) is 11.6 Å². The first kappa shape index (κ1) is 22.6. The lowest BCUT2D eigenvalue weighted by atomic mass is 10.1. The summed E-state index contributed by atoms with van der Waals surface area (Å²) in [6.07, 6.45) is -8.67. The second-order valence-electron chi connectivity index (χ2n) is 5.10. The van der Waals surface area contributed by atoms with Crippen molar-refractivity contribution in [1.82, 2.24) is 0 Å². The molecular weight excluding hydrogens is 411 g/mol. The molecule has 0 aliphatic heterocycles.